The van der Waals surface area contributed by atoms with Gasteiger partial charge < -0.3 is 2.85 Å². The zero-order valence-corrected chi connectivity index (χ0v) is 16.7. The zero-order chi connectivity index (χ0) is 16.2. The molecule has 0 aliphatic rings. The van der Waals surface area contributed by atoms with Crippen molar-refractivity contribution in [2.45, 2.75) is 69.9 Å². The minimum absolute atomic E-state index is 0. The van der Waals surface area contributed by atoms with Crippen molar-refractivity contribution in [1.82, 2.24) is 0 Å². The van der Waals surface area contributed by atoms with Gasteiger partial charge in [-0.1, -0.05) is 48.0 Å². The van der Waals surface area contributed by atoms with Crippen molar-refractivity contribution in [3.63, 3.8) is 0 Å². The van der Waals surface area contributed by atoms with Crippen molar-refractivity contribution < 1.29 is 24.8 Å². The average molecular weight is 426 g/mol. The molecule has 132 valence electrons. The van der Waals surface area contributed by atoms with E-state index in [1.807, 2.05) is 0 Å². The maximum Gasteiger partial charge on any atom is 2.00 e. The van der Waals surface area contributed by atoms with E-state index in [4.69, 9.17) is 0 Å². The Morgan fingerprint density at radius 1 is 0.727 bits per heavy atom. The quantitative estimate of drug-likeness (QED) is 0.137. The zero-order valence-electron chi connectivity index (χ0n) is 14.9. The first-order valence-corrected chi connectivity index (χ1v) is 9.67. The first-order chi connectivity index (χ1) is 9.81. The molecule has 0 radical (unpaired) electrons. The fraction of sp³-hybridized carbons (Fsp3) is 1.00. The summed E-state index contributed by atoms with van der Waals surface area (Å²) in [6.45, 7) is 0. The molecule has 22 heavy (non-hydrogen) atoms. The van der Waals surface area contributed by atoms with E-state index in [-0.39, 0.29) is 32.3 Å². The van der Waals surface area contributed by atoms with Gasteiger partial charge in [-0.3, -0.25) is 0 Å². The molecule has 0 heterocycles. The number of thioether (sulfide) groups is 1. The molecule has 0 aliphatic heterocycles. The van der Waals surface area contributed by atoms with Crippen LogP contribution in [0.5, 0.6) is 0 Å². The van der Waals surface area contributed by atoms with Gasteiger partial charge in [-0.2, -0.15) is 33.7 Å². The van der Waals surface area contributed by atoms with Gasteiger partial charge in [0.2, 0.25) is 0 Å². The standard InChI is InChI=1S/C14H24BrF5S.Mg.2H/c15-10-6-4-2-1-3-5-7-11-21-12-8-9-13(16,17)14(18,19)20;;;/h1-12H2;;;/q;+2;2*-1. The van der Waals surface area contributed by atoms with Gasteiger partial charge in [0.05, 0.1) is 0 Å². The topological polar surface area (TPSA) is 0 Å². The summed E-state index contributed by atoms with van der Waals surface area (Å²) in [6.07, 6.45) is 1.60. The normalized spacial score (nSPS) is 12.3. The van der Waals surface area contributed by atoms with E-state index in [2.05, 4.69) is 15.9 Å². The van der Waals surface area contributed by atoms with E-state index < -0.39 is 18.5 Å². The molecule has 0 saturated heterocycles. The van der Waals surface area contributed by atoms with Gasteiger partial charge in [-0.15, -0.1) is 0 Å². The molecule has 8 heteroatoms. The summed E-state index contributed by atoms with van der Waals surface area (Å²) in [5, 5.41) is 1.05. The van der Waals surface area contributed by atoms with E-state index in [9.17, 15) is 22.0 Å². The molecule has 0 atom stereocenters. The first kappa shape index (κ1) is 25.5. The number of hydrogen-bond donors (Lipinski definition) is 0. The van der Waals surface area contributed by atoms with Gasteiger partial charge in [-0.05, 0) is 30.8 Å². The van der Waals surface area contributed by atoms with Crippen LogP contribution >= 0.6 is 27.7 Å². The van der Waals surface area contributed by atoms with Crippen molar-refractivity contribution in [2.24, 2.45) is 0 Å². The summed E-state index contributed by atoms with van der Waals surface area (Å²) in [6, 6.07) is 0. The molecule has 0 amide bonds. The van der Waals surface area contributed by atoms with Crippen LogP contribution in [-0.2, 0) is 0 Å². The van der Waals surface area contributed by atoms with Crippen molar-refractivity contribution >= 4 is 50.7 Å². The Bertz CT molecular complexity index is 262. The molecule has 0 nitrogen and oxygen atoms in total. The van der Waals surface area contributed by atoms with Crippen LogP contribution in [0.15, 0.2) is 0 Å². The molecule has 0 aromatic carbocycles. The fourth-order valence-electron chi connectivity index (χ4n) is 1.82. The molecule has 0 N–H and O–H groups in total. The summed E-state index contributed by atoms with van der Waals surface area (Å²) in [5.41, 5.74) is 0. The van der Waals surface area contributed by atoms with Crippen molar-refractivity contribution in [3.8, 4) is 0 Å². The largest absolute Gasteiger partial charge is 2.00 e. The van der Waals surface area contributed by atoms with Gasteiger partial charge in [0, 0.05) is 11.8 Å². The SMILES string of the molecule is FC(F)(F)C(F)(F)CCCSCCCCCCCCCBr.[H-].[H-].[Mg+2]. The van der Waals surface area contributed by atoms with Crippen LogP contribution in [-0.4, -0.2) is 52.0 Å². The first-order valence-electron chi connectivity index (χ1n) is 7.39. The molecule has 0 aromatic heterocycles. The Morgan fingerprint density at radius 2 is 1.18 bits per heavy atom. The number of unbranched alkanes of at least 4 members (excludes halogenated alkanes) is 6. The Morgan fingerprint density at radius 3 is 1.68 bits per heavy atom. The molecular weight excluding hydrogens is 399 g/mol. The van der Waals surface area contributed by atoms with Gasteiger partial charge in [0.1, 0.15) is 0 Å². The molecule has 0 aliphatic carbocycles. The Balaban J connectivity index is -0.000000667. The third kappa shape index (κ3) is 13.7. The van der Waals surface area contributed by atoms with E-state index in [0.717, 1.165) is 23.9 Å². The van der Waals surface area contributed by atoms with E-state index >= 15 is 0 Å². The van der Waals surface area contributed by atoms with Gasteiger partial charge in [-0.25, -0.2) is 0 Å². The summed E-state index contributed by atoms with van der Waals surface area (Å²) >= 11 is 4.85. The van der Waals surface area contributed by atoms with E-state index in [1.165, 1.54) is 43.9 Å². The Kier molecular flexibility index (Phi) is 16.9. The predicted octanol–water partition coefficient (Wildman–Crippen LogP) is 6.67. The molecule has 0 spiro atoms. The van der Waals surface area contributed by atoms with Gasteiger partial charge in [0.25, 0.3) is 0 Å². The molecule has 0 rings (SSSR count). The number of alkyl halides is 6. The summed E-state index contributed by atoms with van der Waals surface area (Å²) in [5.74, 6) is -3.32. The monoisotopic (exact) mass is 424 g/mol. The van der Waals surface area contributed by atoms with E-state index in [0.29, 0.717) is 5.75 Å². The van der Waals surface area contributed by atoms with Crippen LogP contribution in [0.1, 0.15) is 60.6 Å². The van der Waals surface area contributed by atoms with Crippen LogP contribution in [0, 0.1) is 0 Å². The number of halogens is 6. The van der Waals surface area contributed by atoms with Crippen molar-refractivity contribution in [1.29, 1.82) is 0 Å². The van der Waals surface area contributed by atoms with Crippen molar-refractivity contribution in [3.05, 3.63) is 0 Å². The average Bonchev–Trinajstić information content (AvgIpc) is 2.38. The van der Waals surface area contributed by atoms with Crippen molar-refractivity contribution in [2.75, 3.05) is 16.8 Å². The third-order valence-electron chi connectivity index (χ3n) is 3.12. The smallest absolute Gasteiger partial charge is 1.00 e. The second-order valence-corrected chi connectivity index (χ2v) is 7.10. The minimum Gasteiger partial charge on any atom is -1.00 e. The molecular formula is C14H26BrF5MgS. The Hall–Kier alpha value is 1.25. The van der Waals surface area contributed by atoms with Crippen LogP contribution in [0.4, 0.5) is 22.0 Å². The van der Waals surface area contributed by atoms with Crippen LogP contribution < -0.4 is 0 Å². The third-order valence-corrected chi connectivity index (χ3v) is 4.83. The molecule has 0 fully saturated rings. The number of hydrogen-bond acceptors (Lipinski definition) is 1. The van der Waals surface area contributed by atoms with Gasteiger partial charge >= 0.3 is 35.2 Å². The molecule has 0 unspecified atom stereocenters. The minimum atomic E-state index is -5.41. The maximum atomic E-state index is 12.6. The Labute approximate surface area is 162 Å². The van der Waals surface area contributed by atoms with Crippen LogP contribution in [0.2, 0.25) is 0 Å². The maximum absolute atomic E-state index is 12.6. The second kappa shape index (κ2) is 14.6. The molecule has 0 bridgehead atoms. The second-order valence-electron chi connectivity index (χ2n) is 5.08. The summed E-state index contributed by atoms with van der Waals surface area (Å²) in [4.78, 5) is 0. The predicted molar refractivity (Wildman–Crippen MR) is 91.7 cm³/mol. The van der Waals surface area contributed by atoms with E-state index in [1.54, 1.807) is 0 Å². The molecule has 0 saturated carbocycles. The summed E-state index contributed by atoms with van der Waals surface area (Å²) in [7, 11) is 0. The van der Waals surface area contributed by atoms with Crippen LogP contribution in [0.3, 0.4) is 0 Å². The number of rotatable bonds is 13. The van der Waals surface area contributed by atoms with Gasteiger partial charge in [0.15, 0.2) is 0 Å². The fourth-order valence-corrected chi connectivity index (χ4v) is 3.18. The summed E-state index contributed by atoms with van der Waals surface area (Å²) < 4.78 is 60.9. The molecule has 0 aromatic rings. The van der Waals surface area contributed by atoms with Crippen LogP contribution in [0.25, 0.3) is 0 Å².